The SMILES string of the molecule is CCOc1ccccc1/C=C/C(=O)N(CCO)C(C)C. The largest absolute Gasteiger partial charge is 0.493 e. The van der Waals surface area contributed by atoms with E-state index in [0.29, 0.717) is 13.2 Å². The van der Waals surface area contributed by atoms with Crippen molar-refractivity contribution in [1.29, 1.82) is 0 Å². The van der Waals surface area contributed by atoms with Crippen LogP contribution in [0.25, 0.3) is 6.08 Å². The summed E-state index contributed by atoms with van der Waals surface area (Å²) in [6.45, 7) is 6.67. The number of carbonyl (C=O) groups excluding carboxylic acids is 1. The van der Waals surface area contributed by atoms with Crippen LogP contribution in [0.2, 0.25) is 0 Å². The molecule has 4 heteroatoms. The first-order valence-electron chi connectivity index (χ1n) is 6.91. The second kappa shape index (κ2) is 8.38. The van der Waals surface area contributed by atoms with Crippen LogP contribution in [0.1, 0.15) is 26.3 Å². The smallest absolute Gasteiger partial charge is 0.246 e. The third-order valence-corrected chi connectivity index (χ3v) is 2.87. The van der Waals surface area contributed by atoms with Crippen molar-refractivity contribution >= 4 is 12.0 Å². The van der Waals surface area contributed by atoms with E-state index >= 15 is 0 Å². The van der Waals surface area contributed by atoms with Crippen molar-refractivity contribution in [3.05, 3.63) is 35.9 Å². The summed E-state index contributed by atoms with van der Waals surface area (Å²) >= 11 is 0. The molecular formula is C16H23NO3. The van der Waals surface area contributed by atoms with Gasteiger partial charge in [0.15, 0.2) is 0 Å². The van der Waals surface area contributed by atoms with E-state index in [0.717, 1.165) is 11.3 Å². The number of hydrogen-bond acceptors (Lipinski definition) is 3. The Hall–Kier alpha value is -1.81. The van der Waals surface area contributed by atoms with Gasteiger partial charge in [-0.1, -0.05) is 18.2 Å². The molecule has 0 aromatic heterocycles. The van der Waals surface area contributed by atoms with Gasteiger partial charge in [0.2, 0.25) is 5.91 Å². The minimum Gasteiger partial charge on any atom is -0.493 e. The molecule has 0 aliphatic rings. The Morgan fingerprint density at radius 2 is 2.10 bits per heavy atom. The predicted molar refractivity (Wildman–Crippen MR) is 80.6 cm³/mol. The van der Waals surface area contributed by atoms with Gasteiger partial charge < -0.3 is 14.7 Å². The molecule has 0 atom stereocenters. The summed E-state index contributed by atoms with van der Waals surface area (Å²) in [6.07, 6.45) is 3.27. The summed E-state index contributed by atoms with van der Waals surface area (Å²) in [7, 11) is 0. The van der Waals surface area contributed by atoms with Crippen molar-refractivity contribution in [2.45, 2.75) is 26.8 Å². The minimum absolute atomic E-state index is 0.0344. The number of nitrogens with zero attached hydrogens (tertiary/aromatic N) is 1. The number of amides is 1. The lowest BCUT2D eigenvalue weighted by atomic mass is 10.2. The summed E-state index contributed by atoms with van der Waals surface area (Å²) in [5.41, 5.74) is 0.871. The van der Waals surface area contributed by atoms with E-state index in [9.17, 15) is 4.79 Å². The number of para-hydroxylation sites is 1. The van der Waals surface area contributed by atoms with Crippen LogP contribution in [-0.4, -0.2) is 41.7 Å². The molecular weight excluding hydrogens is 254 g/mol. The zero-order valence-electron chi connectivity index (χ0n) is 12.4. The maximum atomic E-state index is 12.1. The maximum absolute atomic E-state index is 12.1. The van der Waals surface area contributed by atoms with Crippen LogP contribution in [0.15, 0.2) is 30.3 Å². The van der Waals surface area contributed by atoms with Gasteiger partial charge in [0.1, 0.15) is 5.75 Å². The summed E-state index contributed by atoms with van der Waals surface area (Å²) in [6, 6.07) is 7.64. The topological polar surface area (TPSA) is 49.8 Å². The zero-order valence-corrected chi connectivity index (χ0v) is 12.4. The first kappa shape index (κ1) is 16.2. The molecule has 0 fully saturated rings. The van der Waals surface area contributed by atoms with Gasteiger partial charge >= 0.3 is 0 Å². The molecule has 1 aromatic carbocycles. The van der Waals surface area contributed by atoms with Gasteiger partial charge in [-0.3, -0.25) is 4.79 Å². The fourth-order valence-corrected chi connectivity index (χ4v) is 1.89. The summed E-state index contributed by atoms with van der Waals surface area (Å²) in [5, 5.41) is 9.00. The van der Waals surface area contributed by atoms with Crippen LogP contribution in [0, 0.1) is 0 Å². The van der Waals surface area contributed by atoms with Gasteiger partial charge in [-0.15, -0.1) is 0 Å². The highest BCUT2D eigenvalue weighted by atomic mass is 16.5. The Kier molecular flexibility index (Phi) is 6.81. The summed E-state index contributed by atoms with van der Waals surface area (Å²) in [4.78, 5) is 13.7. The van der Waals surface area contributed by atoms with Crippen LogP contribution >= 0.6 is 0 Å². The molecule has 0 saturated heterocycles. The highest BCUT2D eigenvalue weighted by Crippen LogP contribution is 2.19. The van der Waals surface area contributed by atoms with E-state index in [1.807, 2.05) is 45.0 Å². The first-order chi connectivity index (χ1) is 9.60. The number of rotatable bonds is 7. The molecule has 0 saturated carbocycles. The molecule has 1 aromatic rings. The van der Waals surface area contributed by atoms with E-state index in [1.54, 1.807) is 11.0 Å². The van der Waals surface area contributed by atoms with E-state index < -0.39 is 0 Å². The first-order valence-corrected chi connectivity index (χ1v) is 6.91. The predicted octanol–water partition coefficient (Wildman–Crippen LogP) is 2.33. The Bertz CT molecular complexity index is 455. The fraction of sp³-hybridized carbons (Fsp3) is 0.438. The third kappa shape index (κ3) is 4.70. The maximum Gasteiger partial charge on any atom is 0.246 e. The van der Waals surface area contributed by atoms with Crippen LogP contribution in [0.3, 0.4) is 0 Å². The van der Waals surface area contributed by atoms with Gasteiger partial charge in [0.05, 0.1) is 13.2 Å². The van der Waals surface area contributed by atoms with Gasteiger partial charge in [0.25, 0.3) is 0 Å². The Morgan fingerprint density at radius 1 is 1.40 bits per heavy atom. The number of aliphatic hydroxyl groups excluding tert-OH is 1. The van der Waals surface area contributed by atoms with Crippen LogP contribution in [0.5, 0.6) is 5.75 Å². The molecule has 0 unspecified atom stereocenters. The Morgan fingerprint density at radius 3 is 2.70 bits per heavy atom. The number of carbonyl (C=O) groups is 1. The van der Waals surface area contributed by atoms with Crippen molar-refractivity contribution in [1.82, 2.24) is 4.90 Å². The minimum atomic E-state index is -0.111. The van der Waals surface area contributed by atoms with Crippen molar-refractivity contribution in [2.75, 3.05) is 19.8 Å². The summed E-state index contributed by atoms with van der Waals surface area (Å²) < 4.78 is 5.51. The molecule has 1 N–H and O–H groups in total. The molecule has 110 valence electrons. The highest BCUT2D eigenvalue weighted by molar-refractivity contribution is 5.92. The third-order valence-electron chi connectivity index (χ3n) is 2.87. The molecule has 1 amide bonds. The van der Waals surface area contributed by atoms with Gasteiger partial charge in [-0.25, -0.2) is 0 Å². The van der Waals surface area contributed by atoms with E-state index in [2.05, 4.69) is 0 Å². The normalized spacial score (nSPS) is 11.1. The Balaban J connectivity index is 2.83. The van der Waals surface area contributed by atoms with E-state index in [1.165, 1.54) is 6.08 Å². The van der Waals surface area contributed by atoms with Crippen LogP contribution < -0.4 is 4.74 Å². The highest BCUT2D eigenvalue weighted by Gasteiger charge is 2.13. The molecule has 0 aliphatic carbocycles. The van der Waals surface area contributed by atoms with Gasteiger partial charge in [-0.05, 0) is 32.9 Å². The lowest BCUT2D eigenvalue weighted by Gasteiger charge is -2.24. The second-order valence-electron chi connectivity index (χ2n) is 4.65. The molecule has 0 aliphatic heterocycles. The average molecular weight is 277 g/mol. The number of ether oxygens (including phenoxy) is 1. The van der Waals surface area contributed by atoms with Gasteiger partial charge in [0, 0.05) is 24.2 Å². The average Bonchev–Trinajstić information content (AvgIpc) is 2.43. The molecule has 0 heterocycles. The van der Waals surface area contributed by atoms with Crippen LogP contribution in [0.4, 0.5) is 0 Å². The van der Waals surface area contributed by atoms with Crippen molar-refractivity contribution < 1.29 is 14.6 Å². The number of benzene rings is 1. The molecule has 4 nitrogen and oxygen atoms in total. The molecule has 0 bridgehead atoms. The van der Waals surface area contributed by atoms with Crippen molar-refractivity contribution in [2.24, 2.45) is 0 Å². The number of hydrogen-bond donors (Lipinski definition) is 1. The quantitative estimate of drug-likeness (QED) is 0.778. The lowest BCUT2D eigenvalue weighted by Crippen LogP contribution is -2.37. The standard InChI is InChI=1S/C16H23NO3/c1-4-20-15-8-6-5-7-14(15)9-10-16(19)17(11-12-18)13(2)3/h5-10,13,18H,4,11-12H2,1-3H3/b10-9+. The van der Waals surface area contributed by atoms with Crippen molar-refractivity contribution in [3.8, 4) is 5.75 Å². The fourth-order valence-electron chi connectivity index (χ4n) is 1.89. The Labute approximate surface area is 120 Å². The summed E-state index contributed by atoms with van der Waals surface area (Å²) in [5.74, 6) is 0.651. The molecule has 0 radical (unpaired) electrons. The lowest BCUT2D eigenvalue weighted by molar-refractivity contribution is -0.128. The molecule has 1 rings (SSSR count). The molecule has 0 spiro atoms. The van der Waals surface area contributed by atoms with Crippen molar-refractivity contribution in [3.63, 3.8) is 0 Å². The van der Waals surface area contributed by atoms with E-state index in [4.69, 9.17) is 9.84 Å². The van der Waals surface area contributed by atoms with E-state index in [-0.39, 0.29) is 18.6 Å². The second-order valence-corrected chi connectivity index (χ2v) is 4.65. The molecule has 20 heavy (non-hydrogen) atoms. The van der Waals surface area contributed by atoms with Crippen LogP contribution in [-0.2, 0) is 4.79 Å². The number of aliphatic hydroxyl groups is 1. The monoisotopic (exact) mass is 277 g/mol. The zero-order chi connectivity index (χ0) is 15.0. The van der Waals surface area contributed by atoms with Gasteiger partial charge in [-0.2, -0.15) is 0 Å².